The SMILES string of the molecule is CC1(F)CN(Cc2cccc(C#N)c2)Cc2c1n1c(nc2=O)NCC1. The maximum absolute atomic E-state index is 15.5. The number of nitrogens with one attached hydrogen (secondary N) is 1. The van der Waals surface area contributed by atoms with E-state index in [2.05, 4.69) is 16.4 Å². The average Bonchev–Trinajstić information content (AvgIpc) is 3.02. The summed E-state index contributed by atoms with van der Waals surface area (Å²) in [5, 5.41) is 12.1. The second-order valence-corrected chi connectivity index (χ2v) is 6.80. The molecule has 7 heteroatoms. The third kappa shape index (κ3) is 2.68. The van der Waals surface area contributed by atoms with E-state index in [1.807, 2.05) is 17.0 Å². The van der Waals surface area contributed by atoms with Gasteiger partial charge < -0.3 is 9.88 Å². The maximum Gasteiger partial charge on any atom is 0.279 e. The van der Waals surface area contributed by atoms with Crippen LogP contribution in [-0.4, -0.2) is 27.5 Å². The number of fused-ring (bicyclic) bond motifs is 3. The molecule has 1 N–H and O–H groups in total. The Labute approximate surface area is 144 Å². The van der Waals surface area contributed by atoms with Crippen LogP contribution in [0.4, 0.5) is 10.3 Å². The standard InChI is InChI=1S/C18H18FN5O/c1-18(19)11-23(9-13-4-2-3-12(7-13)8-20)10-14-15(18)24-6-5-21-17(24)22-16(14)25/h2-4,7H,5-6,9-11H2,1H3,(H,21,22,25). The van der Waals surface area contributed by atoms with E-state index in [4.69, 9.17) is 5.26 Å². The fourth-order valence-corrected chi connectivity index (χ4v) is 3.85. The van der Waals surface area contributed by atoms with E-state index in [0.29, 0.717) is 48.9 Å². The van der Waals surface area contributed by atoms with Crippen LogP contribution in [0.5, 0.6) is 0 Å². The van der Waals surface area contributed by atoms with Crippen molar-refractivity contribution >= 4 is 5.95 Å². The predicted octanol–water partition coefficient (Wildman–Crippen LogP) is 1.74. The van der Waals surface area contributed by atoms with Crippen molar-refractivity contribution in [2.24, 2.45) is 0 Å². The number of hydrogen-bond acceptors (Lipinski definition) is 5. The van der Waals surface area contributed by atoms with Gasteiger partial charge in [-0.05, 0) is 24.6 Å². The summed E-state index contributed by atoms with van der Waals surface area (Å²) in [4.78, 5) is 18.4. The molecule has 4 rings (SSSR count). The van der Waals surface area contributed by atoms with Crippen LogP contribution >= 0.6 is 0 Å². The van der Waals surface area contributed by atoms with Crippen LogP contribution in [0.2, 0.25) is 0 Å². The Morgan fingerprint density at radius 3 is 3.12 bits per heavy atom. The quantitative estimate of drug-likeness (QED) is 0.902. The van der Waals surface area contributed by atoms with E-state index in [1.165, 1.54) is 6.92 Å². The van der Waals surface area contributed by atoms with Crippen molar-refractivity contribution in [3.05, 3.63) is 57.0 Å². The minimum absolute atomic E-state index is 0.194. The largest absolute Gasteiger partial charge is 0.354 e. The van der Waals surface area contributed by atoms with Crippen molar-refractivity contribution in [3.8, 4) is 6.07 Å². The third-order valence-corrected chi connectivity index (χ3v) is 4.75. The number of nitrogens with zero attached hydrogens (tertiary/aromatic N) is 4. The molecule has 25 heavy (non-hydrogen) atoms. The number of hydrogen-bond donors (Lipinski definition) is 1. The number of nitriles is 1. The van der Waals surface area contributed by atoms with E-state index in [-0.39, 0.29) is 12.1 Å². The first kappa shape index (κ1) is 15.8. The van der Waals surface area contributed by atoms with Crippen molar-refractivity contribution < 1.29 is 4.39 Å². The van der Waals surface area contributed by atoms with E-state index < -0.39 is 5.67 Å². The molecule has 0 bridgehead atoms. The molecule has 3 heterocycles. The molecule has 128 valence electrons. The van der Waals surface area contributed by atoms with Gasteiger partial charge in [0.25, 0.3) is 5.56 Å². The zero-order valence-electron chi connectivity index (χ0n) is 13.9. The monoisotopic (exact) mass is 339 g/mol. The molecule has 1 atom stereocenters. The molecule has 0 saturated heterocycles. The maximum atomic E-state index is 15.5. The highest BCUT2D eigenvalue weighted by Gasteiger charge is 2.41. The summed E-state index contributed by atoms with van der Waals surface area (Å²) >= 11 is 0. The summed E-state index contributed by atoms with van der Waals surface area (Å²) in [6.07, 6.45) is 0. The van der Waals surface area contributed by atoms with E-state index in [0.717, 1.165) is 5.56 Å². The molecule has 2 aliphatic rings. The molecule has 0 fully saturated rings. The highest BCUT2D eigenvalue weighted by Crippen LogP contribution is 2.36. The topological polar surface area (TPSA) is 74.0 Å². The number of halogens is 1. The second-order valence-electron chi connectivity index (χ2n) is 6.80. The summed E-state index contributed by atoms with van der Waals surface area (Å²) in [6.45, 7) is 3.83. The van der Waals surface area contributed by atoms with Gasteiger partial charge in [0.05, 0.1) is 22.9 Å². The highest BCUT2D eigenvalue weighted by atomic mass is 19.1. The van der Waals surface area contributed by atoms with Crippen LogP contribution in [0.1, 0.15) is 29.3 Å². The van der Waals surface area contributed by atoms with Crippen LogP contribution in [-0.2, 0) is 25.3 Å². The molecule has 1 aromatic heterocycles. The number of aromatic nitrogens is 2. The highest BCUT2D eigenvalue weighted by molar-refractivity contribution is 5.40. The van der Waals surface area contributed by atoms with E-state index in [9.17, 15) is 4.79 Å². The summed E-state index contributed by atoms with van der Waals surface area (Å²) in [6, 6.07) is 9.36. The van der Waals surface area contributed by atoms with Gasteiger partial charge in [-0.1, -0.05) is 12.1 Å². The van der Waals surface area contributed by atoms with Crippen LogP contribution in [0, 0.1) is 11.3 Å². The minimum atomic E-state index is -1.64. The zero-order valence-corrected chi connectivity index (χ0v) is 13.9. The average molecular weight is 339 g/mol. The summed E-state index contributed by atoms with van der Waals surface area (Å²) < 4.78 is 17.3. The lowest BCUT2D eigenvalue weighted by molar-refractivity contribution is 0.0695. The molecule has 1 unspecified atom stereocenters. The van der Waals surface area contributed by atoms with Gasteiger partial charge in [-0.25, -0.2) is 4.39 Å². The molecule has 0 spiro atoms. The fourth-order valence-electron chi connectivity index (χ4n) is 3.85. The van der Waals surface area contributed by atoms with Crippen molar-refractivity contribution in [2.45, 2.75) is 32.2 Å². The first-order chi connectivity index (χ1) is 12.0. The second kappa shape index (κ2) is 5.67. The summed E-state index contributed by atoms with van der Waals surface area (Å²) in [5.41, 5.74) is 0.380. The smallest absolute Gasteiger partial charge is 0.279 e. The Morgan fingerprint density at radius 1 is 1.48 bits per heavy atom. The molecular formula is C18H18FN5O. The molecule has 0 saturated carbocycles. The lowest BCUT2D eigenvalue weighted by Gasteiger charge is -2.37. The Kier molecular flexibility index (Phi) is 3.58. The molecule has 2 aromatic rings. The van der Waals surface area contributed by atoms with Gasteiger partial charge in [-0.15, -0.1) is 0 Å². The minimum Gasteiger partial charge on any atom is -0.354 e. The molecule has 1 aromatic carbocycles. The van der Waals surface area contributed by atoms with Crippen molar-refractivity contribution in [1.29, 1.82) is 5.26 Å². The van der Waals surface area contributed by atoms with Gasteiger partial charge in [0.1, 0.15) is 0 Å². The fraction of sp³-hybridized carbons (Fsp3) is 0.389. The van der Waals surface area contributed by atoms with Crippen molar-refractivity contribution in [1.82, 2.24) is 14.5 Å². The zero-order chi connectivity index (χ0) is 17.6. The Morgan fingerprint density at radius 2 is 2.32 bits per heavy atom. The number of benzene rings is 1. The molecule has 6 nitrogen and oxygen atoms in total. The van der Waals surface area contributed by atoms with E-state index in [1.54, 1.807) is 16.7 Å². The normalized spacial score (nSPS) is 22.0. The van der Waals surface area contributed by atoms with E-state index >= 15 is 4.39 Å². The first-order valence-electron chi connectivity index (χ1n) is 8.26. The Hall–Kier alpha value is -2.72. The van der Waals surface area contributed by atoms with Gasteiger partial charge in [0, 0.05) is 32.7 Å². The molecule has 0 aliphatic carbocycles. The Balaban J connectivity index is 1.70. The van der Waals surface area contributed by atoms with Gasteiger partial charge >= 0.3 is 0 Å². The van der Waals surface area contributed by atoms with Crippen molar-refractivity contribution in [3.63, 3.8) is 0 Å². The summed E-state index contributed by atoms with van der Waals surface area (Å²) in [7, 11) is 0. The van der Waals surface area contributed by atoms with Gasteiger partial charge in [0.15, 0.2) is 5.67 Å². The van der Waals surface area contributed by atoms with Gasteiger partial charge in [0.2, 0.25) is 5.95 Å². The van der Waals surface area contributed by atoms with Gasteiger partial charge in [-0.3, -0.25) is 9.69 Å². The lowest BCUT2D eigenvalue weighted by Crippen LogP contribution is -2.46. The molecule has 0 amide bonds. The van der Waals surface area contributed by atoms with Gasteiger partial charge in [-0.2, -0.15) is 10.2 Å². The predicted molar refractivity (Wildman–Crippen MR) is 90.7 cm³/mol. The molecule has 0 radical (unpaired) electrons. The van der Waals surface area contributed by atoms with Crippen LogP contribution in [0.25, 0.3) is 0 Å². The molecular weight excluding hydrogens is 321 g/mol. The van der Waals surface area contributed by atoms with Crippen molar-refractivity contribution in [2.75, 3.05) is 18.4 Å². The van der Waals surface area contributed by atoms with Crippen LogP contribution in [0.3, 0.4) is 0 Å². The number of alkyl halides is 1. The van der Waals surface area contributed by atoms with Crippen LogP contribution < -0.4 is 10.9 Å². The third-order valence-electron chi connectivity index (χ3n) is 4.75. The summed E-state index contributed by atoms with van der Waals surface area (Å²) in [5.74, 6) is 0.461. The lowest BCUT2D eigenvalue weighted by atomic mass is 9.93. The van der Waals surface area contributed by atoms with Crippen LogP contribution in [0.15, 0.2) is 29.1 Å². The first-order valence-corrected chi connectivity index (χ1v) is 8.26. The number of rotatable bonds is 2. The number of anilines is 1. The molecule has 2 aliphatic heterocycles. The Bertz CT molecular complexity index is 943.